The van der Waals surface area contributed by atoms with E-state index in [2.05, 4.69) is 31.5 Å². The molecule has 22 heavy (non-hydrogen) atoms. The molecule has 2 aromatic rings. The normalized spacial score (nSPS) is 15.5. The van der Waals surface area contributed by atoms with Gasteiger partial charge in [-0.2, -0.15) is 0 Å². The summed E-state index contributed by atoms with van der Waals surface area (Å²) < 4.78 is 1.02. The molecule has 0 spiro atoms. The molecule has 1 atom stereocenters. The highest BCUT2D eigenvalue weighted by atomic mass is 79.9. The molecule has 1 unspecified atom stereocenters. The first-order valence-electron chi connectivity index (χ1n) is 6.86. The highest BCUT2D eigenvalue weighted by Gasteiger charge is 2.29. The summed E-state index contributed by atoms with van der Waals surface area (Å²) in [6, 6.07) is 7.98. The van der Waals surface area contributed by atoms with Gasteiger partial charge in [0.25, 0.3) is 0 Å². The molecule has 1 aliphatic heterocycles. The molecule has 0 radical (unpaired) electrons. The van der Waals surface area contributed by atoms with Crippen LogP contribution in [-0.2, 0) is 4.79 Å². The van der Waals surface area contributed by atoms with Gasteiger partial charge in [-0.15, -0.1) is 23.7 Å². The summed E-state index contributed by atoms with van der Waals surface area (Å²) in [5, 5.41) is 8.75. The first-order chi connectivity index (χ1) is 10.1. The minimum Gasteiger partial charge on any atom is -0.316 e. The lowest BCUT2D eigenvalue weighted by molar-refractivity contribution is -0.121. The van der Waals surface area contributed by atoms with Crippen molar-refractivity contribution in [2.24, 2.45) is 11.8 Å². The zero-order valence-corrected chi connectivity index (χ0v) is 15.2. The number of nitrogens with one attached hydrogen (secondary N) is 2. The van der Waals surface area contributed by atoms with Gasteiger partial charge < -0.3 is 10.6 Å². The second-order valence-electron chi connectivity index (χ2n) is 5.24. The smallest absolute Gasteiger partial charge is 0.229 e. The van der Waals surface area contributed by atoms with Crippen LogP contribution in [0.5, 0.6) is 0 Å². The maximum absolute atomic E-state index is 12.2. The third-order valence-electron chi connectivity index (χ3n) is 3.79. The van der Waals surface area contributed by atoms with E-state index >= 15 is 0 Å². The number of hydrogen-bond donors (Lipinski definition) is 2. The van der Waals surface area contributed by atoms with Crippen LogP contribution in [0.4, 0.5) is 5.13 Å². The standard InChI is InChI=1S/C15H16BrN3OS.ClH/c1-9(11-6-17-7-11)14(20)19-15-18-13(8-21-15)10-3-2-4-12(16)5-10;/h2-5,8-9,11,17H,6-7H2,1H3,(H,18,19,20);1H. The van der Waals surface area contributed by atoms with E-state index < -0.39 is 0 Å². The van der Waals surface area contributed by atoms with Crippen molar-refractivity contribution >= 4 is 50.7 Å². The summed E-state index contributed by atoms with van der Waals surface area (Å²) in [5.41, 5.74) is 1.92. The van der Waals surface area contributed by atoms with Crippen LogP contribution in [0.25, 0.3) is 11.3 Å². The minimum absolute atomic E-state index is 0. The van der Waals surface area contributed by atoms with Crippen molar-refractivity contribution in [1.29, 1.82) is 0 Å². The van der Waals surface area contributed by atoms with Crippen molar-refractivity contribution in [1.82, 2.24) is 10.3 Å². The molecule has 1 aliphatic rings. The lowest BCUT2D eigenvalue weighted by Gasteiger charge is -2.31. The van der Waals surface area contributed by atoms with Gasteiger partial charge in [0.2, 0.25) is 5.91 Å². The van der Waals surface area contributed by atoms with Crippen LogP contribution < -0.4 is 10.6 Å². The zero-order chi connectivity index (χ0) is 14.8. The Morgan fingerprint density at radius 1 is 1.50 bits per heavy atom. The molecular weight excluding hydrogens is 386 g/mol. The Morgan fingerprint density at radius 3 is 2.91 bits per heavy atom. The molecule has 7 heteroatoms. The summed E-state index contributed by atoms with van der Waals surface area (Å²) in [7, 11) is 0. The van der Waals surface area contributed by atoms with Gasteiger partial charge in [-0.05, 0) is 31.1 Å². The highest BCUT2D eigenvalue weighted by Crippen LogP contribution is 2.27. The van der Waals surface area contributed by atoms with Crippen LogP contribution in [0.15, 0.2) is 34.1 Å². The van der Waals surface area contributed by atoms with E-state index in [1.165, 1.54) is 11.3 Å². The number of carbonyl (C=O) groups excluding carboxylic acids is 1. The SMILES string of the molecule is CC(C(=O)Nc1nc(-c2cccc(Br)c2)cs1)C1CNC1.Cl. The Labute approximate surface area is 148 Å². The topological polar surface area (TPSA) is 54.0 Å². The lowest BCUT2D eigenvalue weighted by atomic mass is 9.88. The Bertz CT molecular complexity index is 660. The van der Waals surface area contributed by atoms with Crippen LogP contribution in [0, 0.1) is 11.8 Å². The molecule has 2 N–H and O–H groups in total. The molecule has 1 fully saturated rings. The highest BCUT2D eigenvalue weighted by molar-refractivity contribution is 9.10. The fourth-order valence-electron chi connectivity index (χ4n) is 2.21. The van der Waals surface area contributed by atoms with E-state index in [1.54, 1.807) is 0 Å². The molecule has 3 rings (SSSR count). The number of amides is 1. The van der Waals surface area contributed by atoms with Crippen LogP contribution in [0.2, 0.25) is 0 Å². The van der Waals surface area contributed by atoms with Crippen LogP contribution >= 0.6 is 39.7 Å². The van der Waals surface area contributed by atoms with E-state index in [0.717, 1.165) is 28.8 Å². The van der Waals surface area contributed by atoms with E-state index in [0.29, 0.717) is 11.0 Å². The number of anilines is 1. The Hall–Kier alpha value is -0.950. The van der Waals surface area contributed by atoms with Crippen LogP contribution in [0.3, 0.4) is 0 Å². The first kappa shape index (κ1) is 17.4. The molecule has 1 aromatic heterocycles. The number of nitrogens with zero attached hydrogens (tertiary/aromatic N) is 1. The van der Waals surface area contributed by atoms with Crippen molar-refractivity contribution in [3.63, 3.8) is 0 Å². The van der Waals surface area contributed by atoms with Gasteiger partial charge in [0.15, 0.2) is 5.13 Å². The molecule has 1 saturated heterocycles. The minimum atomic E-state index is 0. The van der Waals surface area contributed by atoms with Gasteiger partial charge >= 0.3 is 0 Å². The van der Waals surface area contributed by atoms with Crippen LogP contribution in [-0.4, -0.2) is 24.0 Å². The first-order valence-corrected chi connectivity index (χ1v) is 8.54. The second kappa shape index (κ2) is 7.55. The van der Waals surface area contributed by atoms with Crippen molar-refractivity contribution in [2.75, 3.05) is 18.4 Å². The largest absolute Gasteiger partial charge is 0.316 e. The predicted molar refractivity (Wildman–Crippen MR) is 96.7 cm³/mol. The maximum Gasteiger partial charge on any atom is 0.229 e. The van der Waals surface area contributed by atoms with E-state index in [9.17, 15) is 4.79 Å². The average Bonchev–Trinajstić information content (AvgIpc) is 2.85. The fraction of sp³-hybridized carbons (Fsp3) is 0.333. The summed E-state index contributed by atoms with van der Waals surface area (Å²) in [6.45, 7) is 3.83. The number of thiazole rings is 1. The quantitative estimate of drug-likeness (QED) is 0.818. The van der Waals surface area contributed by atoms with E-state index in [-0.39, 0.29) is 24.2 Å². The summed E-state index contributed by atoms with van der Waals surface area (Å²) in [6.07, 6.45) is 0. The summed E-state index contributed by atoms with van der Waals surface area (Å²) in [5.74, 6) is 0.510. The third kappa shape index (κ3) is 3.87. The molecule has 1 amide bonds. The van der Waals surface area contributed by atoms with E-state index in [1.807, 2.05) is 36.6 Å². The number of carbonyl (C=O) groups is 1. The maximum atomic E-state index is 12.2. The second-order valence-corrected chi connectivity index (χ2v) is 7.02. The molecular formula is C15H17BrClN3OS. The number of hydrogen-bond acceptors (Lipinski definition) is 4. The van der Waals surface area contributed by atoms with Gasteiger partial charge in [-0.3, -0.25) is 4.79 Å². The molecule has 4 nitrogen and oxygen atoms in total. The number of halogens is 2. The zero-order valence-electron chi connectivity index (χ0n) is 12.0. The number of benzene rings is 1. The molecule has 118 valence electrons. The van der Waals surface area contributed by atoms with Crippen molar-refractivity contribution in [3.8, 4) is 11.3 Å². The monoisotopic (exact) mass is 401 g/mol. The lowest BCUT2D eigenvalue weighted by Crippen LogP contribution is -2.48. The predicted octanol–water partition coefficient (Wildman–Crippen LogP) is 3.79. The molecule has 0 aliphatic carbocycles. The molecule has 0 bridgehead atoms. The Balaban J connectivity index is 0.00000176. The van der Waals surface area contributed by atoms with Gasteiger partial charge in [0.05, 0.1) is 5.69 Å². The number of rotatable bonds is 4. The van der Waals surface area contributed by atoms with Crippen molar-refractivity contribution in [3.05, 3.63) is 34.1 Å². The molecule has 0 saturated carbocycles. The van der Waals surface area contributed by atoms with Crippen molar-refractivity contribution < 1.29 is 4.79 Å². The summed E-state index contributed by atoms with van der Waals surface area (Å²) in [4.78, 5) is 16.7. The van der Waals surface area contributed by atoms with Gasteiger partial charge in [-0.25, -0.2) is 4.98 Å². The Morgan fingerprint density at radius 2 is 2.27 bits per heavy atom. The van der Waals surface area contributed by atoms with Gasteiger partial charge in [-0.1, -0.05) is 35.0 Å². The fourth-order valence-corrected chi connectivity index (χ4v) is 3.33. The van der Waals surface area contributed by atoms with Crippen molar-refractivity contribution in [2.45, 2.75) is 6.92 Å². The third-order valence-corrected chi connectivity index (χ3v) is 5.04. The molecule has 2 heterocycles. The summed E-state index contributed by atoms with van der Waals surface area (Å²) >= 11 is 4.92. The van der Waals surface area contributed by atoms with Crippen LogP contribution in [0.1, 0.15) is 6.92 Å². The van der Waals surface area contributed by atoms with Gasteiger partial charge in [0, 0.05) is 21.3 Å². The Kier molecular flexibility index (Phi) is 5.97. The molecule has 1 aromatic carbocycles. The van der Waals surface area contributed by atoms with Gasteiger partial charge in [0.1, 0.15) is 0 Å². The number of aromatic nitrogens is 1. The average molecular weight is 403 g/mol. The van der Waals surface area contributed by atoms with E-state index in [4.69, 9.17) is 0 Å².